The minimum atomic E-state index is -0.492. The molecule has 1 N–H and O–H groups in total. The Kier molecular flexibility index (Phi) is 2.52. The van der Waals surface area contributed by atoms with Crippen molar-refractivity contribution in [3.63, 3.8) is 0 Å². The van der Waals surface area contributed by atoms with Crippen LogP contribution in [-0.2, 0) is 0 Å². The van der Waals surface area contributed by atoms with Gasteiger partial charge >= 0.3 is 5.76 Å². The highest BCUT2D eigenvalue weighted by Gasteiger charge is 2.15. The van der Waals surface area contributed by atoms with Gasteiger partial charge in [-0.15, -0.1) is 0 Å². The fraction of sp³-hybridized carbons (Fsp3) is 0.273. The van der Waals surface area contributed by atoms with Gasteiger partial charge < -0.3 is 5.11 Å². The number of aromatic hydroxyl groups is 1. The summed E-state index contributed by atoms with van der Waals surface area (Å²) in [5, 5.41) is 13.1. The summed E-state index contributed by atoms with van der Waals surface area (Å²) in [4.78, 5) is 11.4. The third-order valence-electron chi connectivity index (χ3n) is 2.26. The zero-order valence-electron chi connectivity index (χ0n) is 9.04. The number of phenols is 1. The lowest BCUT2D eigenvalue weighted by Gasteiger charge is -2.07. The Hall–Kier alpha value is -2.04. The molecule has 1 aromatic heterocycles. The summed E-state index contributed by atoms with van der Waals surface area (Å²) >= 11 is 0. The van der Waals surface area contributed by atoms with E-state index in [9.17, 15) is 9.90 Å². The smallest absolute Gasteiger partial charge is 0.442 e. The van der Waals surface area contributed by atoms with Crippen LogP contribution in [0.5, 0.6) is 5.75 Å². The molecule has 0 aliphatic carbocycles. The van der Waals surface area contributed by atoms with E-state index in [1.165, 1.54) is 10.6 Å². The summed E-state index contributed by atoms with van der Waals surface area (Å²) in [7, 11) is 0. The fourth-order valence-corrected chi connectivity index (χ4v) is 1.55. The van der Waals surface area contributed by atoms with E-state index in [-0.39, 0.29) is 11.8 Å². The first-order valence-corrected chi connectivity index (χ1v) is 4.97. The topological polar surface area (TPSA) is 68.3 Å². The Bertz CT molecular complexity index is 554. The first-order chi connectivity index (χ1) is 7.59. The van der Waals surface area contributed by atoms with E-state index in [0.29, 0.717) is 11.4 Å². The van der Waals surface area contributed by atoms with Crippen LogP contribution in [0.4, 0.5) is 0 Å². The molecular formula is C11H12N2O3. The lowest BCUT2D eigenvalue weighted by Crippen LogP contribution is -2.17. The number of hydrogen-bond donors (Lipinski definition) is 1. The Morgan fingerprint density at radius 1 is 1.44 bits per heavy atom. The molecule has 0 spiro atoms. The van der Waals surface area contributed by atoms with Crippen molar-refractivity contribution in [2.45, 2.75) is 19.9 Å². The molecule has 0 saturated carbocycles. The first-order valence-electron chi connectivity index (χ1n) is 4.97. The van der Waals surface area contributed by atoms with E-state index >= 15 is 0 Å². The van der Waals surface area contributed by atoms with Crippen molar-refractivity contribution in [2.75, 3.05) is 0 Å². The van der Waals surface area contributed by atoms with E-state index < -0.39 is 5.76 Å². The summed E-state index contributed by atoms with van der Waals surface area (Å²) in [5.74, 6) is 0.0625. The van der Waals surface area contributed by atoms with E-state index in [0.717, 1.165) is 0 Å². The van der Waals surface area contributed by atoms with Crippen molar-refractivity contribution >= 4 is 0 Å². The molecule has 0 aliphatic rings. The van der Waals surface area contributed by atoms with Crippen molar-refractivity contribution in [2.24, 2.45) is 0 Å². The highest BCUT2D eigenvalue weighted by molar-refractivity contribution is 5.57. The predicted molar refractivity (Wildman–Crippen MR) is 58.2 cm³/mol. The van der Waals surface area contributed by atoms with Gasteiger partial charge in [-0.05, 0) is 26.0 Å². The third-order valence-corrected chi connectivity index (χ3v) is 2.26. The molecule has 0 atom stereocenters. The summed E-state index contributed by atoms with van der Waals surface area (Å²) < 4.78 is 6.07. The molecule has 0 unspecified atom stereocenters. The zero-order valence-corrected chi connectivity index (χ0v) is 9.04. The Morgan fingerprint density at radius 2 is 2.19 bits per heavy atom. The fourth-order valence-electron chi connectivity index (χ4n) is 1.55. The summed E-state index contributed by atoms with van der Waals surface area (Å²) in [6.07, 6.45) is 0. The normalized spacial score (nSPS) is 10.9. The number of aromatic nitrogens is 2. The lowest BCUT2D eigenvalue weighted by atomic mass is 10.2. The molecule has 5 nitrogen and oxygen atoms in total. The highest BCUT2D eigenvalue weighted by Crippen LogP contribution is 2.22. The molecule has 2 aromatic rings. The van der Waals surface area contributed by atoms with Crippen LogP contribution in [0.3, 0.4) is 0 Å². The van der Waals surface area contributed by atoms with Crippen molar-refractivity contribution in [1.82, 2.24) is 9.72 Å². The van der Waals surface area contributed by atoms with Gasteiger partial charge in [0.25, 0.3) is 0 Å². The van der Waals surface area contributed by atoms with Crippen molar-refractivity contribution in [1.29, 1.82) is 0 Å². The minimum Gasteiger partial charge on any atom is -0.508 e. The van der Waals surface area contributed by atoms with Gasteiger partial charge in [-0.3, -0.25) is 9.09 Å². The first kappa shape index (κ1) is 10.5. The third kappa shape index (κ3) is 1.71. The second-order valence-electron chi connectivity index (χ2n) is 3.79. The van der Waals surface area contributed by atoms with Crippen LogP contribution in [0.15, 0.2) is 33.6 Å². The number of phenolic OH excluding ortho intramolecular Hbond substituents is 1. The van der Waals surface area contributed by atoms with Crippen molar-refractivity contribution in [3.05, 3.63) is 34.8 Å². The maximum absolute atomic E-state index is 11.4. The Balaban J connectivity index is 2.61. The summed E-state index contributed by atoms with van der Waals surface area (Å²) in [6.45, 7) is 3.73. The molecule has 0 amide bonds. The average Bonchev–Trinajstić information content (AvgIpc) is 2.60. The number of benzene rings is 1. The van der Waals surface area contributed by atoms with Crippen molar-refractivity contribution in [3.8, 4) is 17.1 Å². The molecule has 16 heavy (non-hydrogen) atoms. The van der Waals surface area contributed by atoms with Crippen LogP contribution in [0, 0.1) is 0 Å². The molecule has 0 radical (unpaired) electrons. The molecular weight excluding hydrogens is 208 g/mol. The molecule has 1 aromatic carbocycles. The Labute approximate surface area is 91.9 Å². The summed E-state index contributed by atoms with van der Waals surface area (Å²) in [5.41, 5.74) is 0.652. The van der Waals surface area contributed by atoms with E-state index in [1.807, 2.05) is 13.8 Å². The second kappa shape index (κ2) is 3.84. The summed E-state index contributed by atoms with van der Waals surface area (Å²) in [6, 6.07) is 6.50. The molecule has 84 valence electrons. The lowest BCUT2D eigenvalue weighted by molar-refractivity contribution is 0.370. The molecule has 0 aliphatic heterocycles. The van der Waals surface area contributed by atoms with Crippen LogP contribution in [0.25, 0.3) is 11.4 Å². The van der Waals surface area contributed by atoms with Gasteiger partial charge in [-0.25, -0.2) is 4.79 Å². The monoisotopic (exact) mass is 220 g/mol. The van der Waals surface area contributed by atoms with E-state index in [1.54, 1.807) is 18.2 Å². The van der Waals surface area contributed by atoms with Gasteiger partial charge in [0, 0.05) is 11.6 Å². The Morgan fingerprint density at radius 3 is 2.81 bits per heavy atom. The zero-order chi connectivity index (χ0) is 11.7. The predicted octanol–water partition coefficient (Wildman–Crippen LogP) is 1.79. The van der Waals surface area contributed by atoms with E-state index in [2.05, 4.69) is 9.68 Å². The van der Waals surface area contributed by atoms with Gasteiger partial charge in [-0.1, -0.05) is 17.3 Å². The largest absolute Gasteiger partial charge is 0.508 e. The number of nitrogens with zero attached hydrogens (tertiary/aromatic N) is 2. The van der Waals surface area contributed by atoms with Crippen LogP contribution in [0.2, 0.25) is 0 Å². The van der Waals surface area contributed by atoms with Crippen LogP contribution >= 0.6 is 0 Å². The molecule has 5 heteroatoms. The van der Waals surface area contributed by atoms with Crippen LogP contribution < -0.4 is 5.76 Å². The number of rotatable bonds is 2. The quantitative estimate of drug-likeness (QED) is 0.837. The van der Waals surface area contributed by atoms with Gasteiger partial charge in [0.05, 0.1) is 0 Å². The molecule has 1 heterocycles. The number of hydrogen-bond acceptors (Lipinski definition) is 4. The maximum Gasteiger partial charge on any atom is 0.442 e. The average molecular weight is 220 g/mol. The SMILES string of the molecule is CC(C)n1c(-c2cccc(O)c2)noc1=O. The van der Waals surface area contributed by atoms with Crippen LogP contribution in [0.1, 0.15) is 19.9 Å². The van der Waals surface area contributed by atoms with Gasteiger partial charge in [0.1, 0.15) is 5.75 Å². The standard InChI is InChI=1S/C11H12N2O3/c1-7(2)13-10(12-16-11(13)15)8-4-3-5-9(14)6-8/h3-7,14H,1-2H3. The van der Waals surface area contributed by atoms with Crippen molar-refractivity contribution < 1.29 is 9.63 Å². The van der Waals surface area contributed by atoms with E-state index in [4.69, 9.17) is 0 Å². The second-order valence-corrected chi connectivity index (χ2v) is 3.79. The van der Waals surface area contributed by atoms with Gasteiger partial charge in [-0.2, -0.15) is 0 Å². The maximum atomic E-state index is 11.4. The highest BCUT2D eigenvalue weighted by atomic mass is 16.5. The van der Waals surface area contributed by atoms with Gasteiger partial charge in [0.2, 0.25) is 0 Å². The molecule has 0 saturated heterocycles. The van der Waals surface area contributed by atoms with Gasteiger partial charge in [0.15, 0.2) is 5.82 Å². The molecule has 0 fully saturated rings. The minimum absolute atomic E-state index is 0.0453. The van der Waals surface area contributed by atoms with Crippen LogP contribution in [-0.4, -0.2) is 14.8 Å². The molecule has 0 bridgehead atoms. The molecule has 2 rings (SSSR count).